The highest BCUT2D eigenvalue weighted by atomic mass is 32.2. The van der Waals surface area contributed by atoms with E-state index in [0.717, 1.165) is 21.3 Å². The summed E-state index contributed by atoms with van der Waals surface area (Å²) in [5, 5.41) is 12.4. The van der Waals surface area contributed by atoms with E-state index < -0.39 is 0 Å². The first-order chi connectivity index (χ1) is 10.1. The Balaban J connectivity index is 2.14. The molecule has 1 heterocycles. The van der Waals surface area contributed by atoms with E-state index in [4.69, 9.17) is 5.26 Å². The van der Waals surface area contributed by atoms with E-state index in [1.54, 1.807) is 11.8 Å². The Morgan fingerprint density at radius 2 is 2.19 bits per heavy atom. The van der Waals surface area contributed by atoms with Crippen molar-refractivity contribution in [1.29, 1.82) is 5.26 Å². The third-order valence-corrected chi connectivity index (χ3v) is 4.86. The number of rotatable bonds is 5. The highest BCUT2D eigenvalue weighted by Gasteiger charge is 2.15. The number of thiazole rings is 1. The molecule has 1 amide bonds. The molecule has 0 radical (unpaired) electrons. The van der Waals surface area contributed by atoms with Crippen LogP contribution in [-0.2, 0) is 0 Å². The van der Waals surface area contributed by atoms with Gasteiger partial charge in [-0.25, -0.2) is 4.98 Å². The minimum absolute atomic E-state index is 0.133. The number of amides is 1. The molecule has 1 N–H and O–H groups in total. The van der Waals surface area contributed by atoms with Crippen LogP contribution in [0.15, 0.2) is 29.2 Å². The summed E-state index contributed by atoms with van der Waals surface area (Å²) in [6.45, 7) is 3.73. The second-order valence-electron chi connectivity index (χ2n) is 4.35. The van der Waals surface area contributed by atoms with Crippen LogP contribution in [0.4, 0.5) is 5.69 Å². The summed E-state index contributed by atoms with van der Waals surface area (Å²) < 4.78 is 0. The maximum absolute atomic E-state index is 12.3. The molecule has 6 heteroatoms. The first-order valence-electron chi connectivity index (χ1n) is 6.46. The van der Waals surface area contributed by atoms with E-state index in [-0.39, 0.29) is 5.91 Å². The van der Waals surface area contributed by atoms with Gasteiger partial charge in [-0.05, 0) is 26.0 Å². The Morgan fingerprint density at radius 1 is 1.43 bits per heavy atom. The second kappa shape index (κ2) is 7.25. The van der Waals surface area contributed by atoms with Gasteiger partial charge in [0.2, 0.25) is 0 Å². The lowest BCUT2D eigenvalue weighted by molar-refractivity contribution is 0.102. The minimum Gasteiger partial charge on any atom is -0.320 e. The fourth-order valence-electron chi connectivity index (χ4n) is 1.82. The van der Waals surface area contributed by atoms with Gasteiger partial charge in [-0.15, -0.1) is 23.1 Å². The minimum atomic E-state index is -0.133. The largest absolute Gasteiger partial charge is 0.320 e. The molecule has 0 saturated heterocycles. The fraction of sp³-hybridized carbons (Fsp3) is 0.267. The van der Waals surface area contributed by atoms with Gasteiger partial charge in [0.1, 0.15) is 4.88 Å². The lowest BCUT2D eigenvalue weighted by Gasteiger charge is -2.09. The summed E-state index contributed by atoms with van der Waals surface area (Å²) in [4.78, 5) is 18.2. The molecule has 21 heavy (non-hydrogen) atoms. The molecule has 1 aromatic heterocycles. The van der Waals surface area contributed by atoms with Crippen molar-refractivity contribution in [2.45, 2.75) is 25.2 Å². The summed E-state index contributed by atoms with van der Waals surface area (Å²) in [6.07, 6.45) is 0.486. The van der Waals surface area contributed by atoms with Crippen LogP contribution >= 0.6 is 23.1 Å². The van der Waals surface area contributed by atoms with Crippen LogP contribution in [0.25, 0.3) is 0 Å². The maximum atomic E-state index is 12.3. The van der Waals surface area contributed by atoms with E-state index in [1.807, 2.05) is 38.1 Å². The van der Waals surface area contributed by atoms with Gasteiger partial charge >= 0.3 is 0 Å². The van der Waals surface area contributed by atoms with Crippen LogP contribution in [0.3, 0.4) is 0 Å². The molecule has 0 fully saturated rings. The summed E-state index contributed by atoms with van der Waals surface area (Å²) >= 11 is 2.96. The molecule has 1 aromatic carbocycles. The number of aromatic nitrogens is 1. The van der Waals surface area contributed by atoms with Crippen molar-refractivity contribution < 1.29 is 4.79 Å². The molecule has 0 bridgehead atoms. The quantitative estimate of drug-likeness (QED) is 0.668. The predicted molar refractivity (Wildman–Crippen MR) is 86.9 cm³/mol. The predicted octanol–water partition coefficient (Wildman–Crippen LogP) is 4.02. The van der Waals surface area contributed by atoms with Gasteiger partial charge in [0.15, 0.2) is 0 Å². The van der Waals surface area contributed by atoms with Gasteiger partial charge in [0.05, 0.1) is 22.5 Å². The third kappa shape index (κ3) is 4.06. The molecule has 108 valence electrons. The standard InChI is InChI=1S/C15H15N3OS2/c1-10-14(21-11(2)17-10)15(19)18-12-6-3-4-7-13(12)20-9-5-8-16/h3-4,6-7H,5,9H2,1-2H3,(H,18,19). The third-order valence-electron chi connectivity index (χ3n) is 2.72. The first kappa shape index (κ1) is 15.5. The summed E-state index contributed by atoms with van der Waals surface area (Å²) in [7, 11) is 0. The van der Waals surface area contributed by atoms with Crippen molar-refractivity contribution in [2.24, 2.45) is 0 Å². The zero-order chi connectivity index (χ0) is 15.2. The lowest BCUT2D eigenvalue weighted by Crippen LogP contribution is -2.12. The van der Waals surface area contributed by atoms with E-state index in [9.17, 15) is 4.79 Å². The number of benzene rings is 1. The molecule has 2 rings (SSSR count). The van der Waals surface area contributed by atoms with Gasteiger partial charge in [0, 0.05) is 17.1 Å². The average molecular weight is 317 g/mol. The van der Waals surface area contributed by atoms with Crippen molar-refractivity contribution in [2.75, 3.05) is 11.1 Å². The van der Waals surface area contributed by atoms with E-state index in [2.05, 4.69) is 16.4 Å². The van der Waals surface area contributed by atoms with E-state index in [1.165, 1.54) is 11.3 Å². The monoisotopic (exact) mass is 317 g/mol. The van der Waals surface area contributed by atoms with Crippen molar-refractivity contribution in [3.8, 4) is 6.07 Å². The Labute approximate surface area is 132 Å². The van der Waals surface area contributed by atoms with Crippen LogP contribution in [-0.4, -0.2) is 16.6 Å². The number of carbonyl (C=O) groups is 1. The van der Waals surface area contributed by atoms with Gasteiger partial charge in [-0.1, -0.05) is 12.1 Å². The molecule has 0 atom stereocenters. The number of nitriles is 1. The van der Waals surface area contributed by atoms with Crippen molar-refractivity contribution in [3.05, 3.63) is 39.8 Å². The zero-order valence-electron chi connectivity index (χ0n) is 11.8. The van der Waals surface area contributed by atoms with E-state index in [0.29, 0.717) is 17.1 Å². The Hall–Kier alpha value is -1.84. The van der Waals surface area contributed by atoms with Crippen LogP contribution < -0.4 is 5.32 Å². The molecule has 0 aliphatic carbocycles. The van der Waals surface area contributed by atoms with Crippen molar-refractivity contribution in [1.82, 2.24) is 4.98 Å². The molecular formula is C15H15N3OS2. The maximum Gasteiger partial charge on any atom is 0.267 e. The number of thioether (sulfide) groups is 1. The molecule has 2 aromatic rings. The average Bonchev–Trinajstić information content (AvgIpc) is 2.80. The zero-order valence-corrected chi connectivity index (χ0v) is 13.5. The molecule has 4 nitrogen and oxygen atoms in total. The first-order valence-corrected chi connectivity index (χ1v) is 8.26. The van der Waals surface area contributed by atoms with E-state index >= 15 is 0 Å². The smallest absolute Gasteiger partial charge is 0.267 e. The van der Waals surface area contributed by atoms with Crippen LogP contribution in [0.1, 0.15) is 26.8 Å². The Bertz CT molecular complexity index is 688. The van der Waals surface area contributed by atoms with Gasteiger partial charge in [-0.3, -0.25) is 4.79 Å². The normalized spacial score (nSPS) is 10.1. The second-order valence-corrected chi connectivity index (χ2v) is 6.69. The SMILES string of the molecule is Cc1nc(C)c(C(=O)Nc2ccccc2SCCC#N)s1. The summed E-state index contributed by atoms with van der Waals surface area (Å²) in [6, 6.07) is 9.74. The van der Waals surface area contributed by atoms with Crippen LogP contribution in [0.5, 0.6) is 0 Å². The van der Waals surface area contributed by atoms with Crippen LogP contribution in [0.2, 0.25) is 0 Å². The molecule has 0 aliphatic rings. The van der Waals surface area contributed by atoms with Gasteiger partial charge in [0.25, 0.3) is 5.91 Å². The number of hydrogen-bond acceptors (Lipinski definition) is 5. The Kier molecular flexibility index (Phi) is 5.37. The highest BCUT2D eigenvalue weighted by molar-refractivity contribution is 7.99. The topological polar surface area (TPSA) is 65.8 Å². The number of para-hydroxylation sites is 1. The van der Waals surface area contributed by atoms with Crippen LogP contribution in [0, 0.1) is 25.2 Å². The number of carbonyl (C=O) groups excluding carboxylic acids is 1. The number of hydrogen-bond donors (Lipinski definition) is 1. The molecule has 0 aliphatic heterocycles. The lowest BCUT2D eigenvalue weighted by atomic mass is 10.3. The summed E-state index contributed by atoms with van der Waals surface area (Å²) in [5.41, 5.74) is 1.53. The van der Waals surface area contributed by atoms with Crippen molar-refractivity contribution in [3.63, 3.8) is 0 Å². The van der Waals surface area contributed by atoms with Gasteiger partial charge < -0.3 is 5.32 Å². The Morgan fingerprint density at radius 3 is 2.86 bits per heavy atom. The van der Waals surface area contributed by atoms with Gasteiger partial charge in [-0.2, -0.15) is 5.26 Å². The number of anilines is 1. The fourth-order valence-corrected chi connectivity index (χ4v) is 3.50. The molecule has 0 unspecified atom stereocenters. The number of nitrogens with one attached hydrogen (secondary N) is 1. The van der Waals surface area contributed by atoms with Crippen molar-refractivity contribution >= 4 is 34.7 Å². The molecule has 0 saturated carbocycles. The number of aryl methyl sites for hydroxylation is 2. The number of nitrogens with zero attached hydrogens (tertiary/aromatic N) is 2. The highest BCUT2D eigenvalue weighted by Crippen LogP contribution is 2.28. The molecule has 0 spiro atoms. The molecular weight excluding hydrogens is 302 g/mol. The summed E-state index contributed by atoms with van der Waals surface area (Å²) in [5.74, 6) is 0.577.